The number of nitro benzene ring substituents is 1. The van der Waals surface area contributed by atoms with Crippen LogP contribution >= 0.6 is 11.6 Å². The highest BCUT2D eigenvalue weighted by atomic mass is 35.5. The first-order valence-electron chi connectivity index (χ1n) is 11.2. The van der Waals surface area contributed by atoms with Gasteiger partial charge in [-0.2, -0.15) is 0 Å². The smallest absolute Gasteiger partial charge is 0.355 e. The maximum absolute atomic E-state index is 13.4. The normalized spacial score (nSPS) is 15.4. The molecule has 0 aliphatic carbocycles. The van der Waals surface area contributed by atoms with E-state index in [1.807, 2.05) is 30.3 Å². The lowest BCUT2D eigenvalue weighted by atomic mass is 9.84. The van der Waals surface area contributed by atoms with Gasteiger partial charge in [0.1, 0.15) is 12.3 Å². The number of rotatable bonds is 7. The number of carbonyl (C=O) groups is 2. The van der Waals surface area contributed by atoms with E-state index in [0.29, 0.717) is 27.5 Å². The molecule has 0 spiro atoms. The van der Waals surface area contributed by atoms with Gasteiger partial charge in [0.15, 0.2) is 5.78 Å². The molecule has 4 rings (SSSR count). The molecule has 182 valence electrons. The van der Waals surface area contributed by atoms with Gasteiger partial charge in [-0.1, -0.05) is 60.1 Å². The molecule has 0 unspecified atom stereocenters. The van der Waals surface area contributed by atoms with Gasteiger partial charge in [-0.15, -0.1) is 0 Å². The van der Waals surface area contributed by atoms with Gasteiger partial charge in [0, 0.05) is 40.0 Å². The Morgan fingerprint density at radius 2 is 1.72 bits per heavy atom. The summed E-state index contributed by atoms with van der Waals surface area (Å²) in [6.07, 6.45) is 1.67. The topological polar surface area (TPSA) is 89.8 Å². The van der Waals surface area contributed by atoms with Crippen LogP contribution in [0.25, 0.3) is 0 Å². The predicted octanol–water partition coefficient (Wildman–Crippen LogP) is 6.34. The second-order valence-electron chi connectivity index (χ2n) is 8.31. The van der Waals surface area contributed by atoms with E-state index in [1.165, 1.54) is 19.1 Å². The zero-order valence-electron chi connectivity index (χ0n) is 19.7. The van der Waals surface area contributed by atoms with Gasteiger partial charge in [-0.05, 0) is 49.2 Å². The summed E-state index contributed by atoms with van der Waals surface area (Å²) in [7, 11) is 0. The molecular weight excluding hydrogens is 480 g/mol. The van der Waals surface area contributed by atoms with Gasteiger partial charge < -0.3 is 9.64 Å². The van der Waals surface area contributed by atoms with Crippen molar-refractivity contribution in [2.24, 2.45) is 0 Å². The maximum Gasteiger partial charge on any atom is 0.355 e. The van der Waals surface area contributed by atoms with E-state index >= 15 is 0 Å². The number of ether oxygens (including phenoxy) is 1. The van der Waals surface area contributed by atoms with Crippen LogP contribution in [-0.2, 0) is 20.9 Å². The van der Waals surface area contributed by atoms with Crippen molar-refractivity contribution in [1.29, 1.82) is 0 Å². The molecule has 0 bridgehead atoms. The highest BCUT2D eigenvalue weighted by Gasteiger charge is 2.34. The fraction of sp³-hybridized carbons (Fsp3) is 0.143. The third-order valence-electron chi connectivity index (χ3n) is 5.93. The molecule has 3 aromatic carbocycles. The predicted molar refractivity (Wildman–Crippen MR) is 137 cm³/mol. The highest BCUT2D eigenvalue weighted by Crippen LogP contribution is 2.40. The van der Waals surface area contributed by atoms with Gasteiger partial charge in [-0.3, -0.25) is 14.9 Å². The number of nitro groups is 1. The van der Waals surface area contributed by atoms with Crippen molar-refractivity contribution in [3.8, 4) is 0 Å². The van der Waals surface area contributed by atoms with Crippen LogP contribution in [0.5, 0.6) is 0 Å². The fourth-order valence-corrected chi connectivity index (χ4v) is 4.47. The molecule has 1 atom stereocenters. The lowest BCUT2D eigenvalue weighted by Crippen LogP contribution is -2.34. The van der Waals surface area contributed by atoms with Gasteiger partial charge >= 0.3 is 5.97 Å². The van der Waals surface area contributed by atoms with E-state index in [1.54, 1.807) is 54.3 Å². The van der Waals surface area contributed by atoms with Crippen LogP contribution < -0.4 is 4.90 Å². The Hall–Kier alpha value is -4.23. The number of nitrogens with zero attached hydrogens (tertiary/aromatic N) is 2. The van der Waals surface area contributed by atoms with Crippen LogP contribution in [0.15, 0.2) is 102 Å². The molecule has 1 aliphatic rings. The standard InChI is InChI=1S/C28H23ClN2O5/c1-18-27(19(2)32)25(21-11-13-23(14-12-21)31(34)35)16-26(30(18)24-10-6-9-22(29)15-24)28(33)36-17-20-7-4-3-5-8-20/h3-16,25H,17H2,1-2H3/t25-/m1/s1. The molecule has 0 radical (unpaired) electrons. The molecule has 0 aromatic heterocycles. The molecule has 0 amide bonds. The molecule has 0 N–H and O–H groups in total. The summed E-state index contributed by atoms with van der Waals surface area (Å²) in [5.41, 5.74) is 3.24. The number of non-ortho nitro benzene ring substituents is 1. The van der Waals surface area contributed by atoms with Crippen molar-refractivity contribution < 1.29 is 19.2 Å². The average Bonchev–Trinajstić information content (AvgIpc) is 2.87. The summed E-state index contributed by atoms with van der Waals surface area (Å²) < 4.78 is 5.65. The lowest BCUT2D eigenvalue weighted by molar-refractivity contribution is -0.384. The van der Waals surface area contributed by atoms with E-state index in [9.17, 15) is 19.7 Å². The molecular formula is C28H23ClN2O5. The molecule has 1 heterocycles. The maximum atomic E-state index is 13.4. The molecule has 36 heavy (non-hydrogen) atoms. The van der Waals surface area contributed by atoms with Gasteiger partial charge in [-0.25, -0.2) is 4.79 Å². The van der Waals surface area contributed by atoms with Crippen molar-refractivity contribution in [3.05, 3.63) is 128 Å². The lowest BCUT2D eigenvalue weighted by Gasteiger charge is -2.35. The summed E-state index contributed by atoms with van der Waals surface area (Å²) in [5.74, 6) is -1.36. The number of carbonyl (C=O) groups excluding carboxylic acids is 2. The number of allylic oxidation sites excluding steroid dienone is 3. The first-order valence-corrected chi connectivity index (χ1v) is 11.6. The molecule has 0 saturated carbocycles. The van der Waals surface area contributed by atoms with Crippen molar-refractivity contribution in [3.63, 3.8) is 0 Å². The third-order valence-corrected chi connectivity index (χ3v) is 6.17. The van der Waals surface area contributed by atoms with Crippen molar-refractivity contribution in [2.75, 3.05) is 4.90 Å². The molecule has 8 heteroatoms. The molecule has 0 fully saturated rings. The molecule has 1 aliphatic heterocycles. The average molecular weight is 503 g/mol. The fourth-order valence-electron chi connectivity index (χ4n) is 4.29. The van der Waals surface area contributed by atoms with Crippen LogP contribution in [0.3, 0.4) is 0 Å². The summed E-state index contributed by atoms with van der Waals surface area (Å²) in [6.45, 7) is 3.29. The Morgan fingerprint density at radius 3 is 2.33 bits per heavy atom. The minimum Gasteiger partial charge on any atom is -0.456 e. The van der Waals surface area contributed by atoms with Gasteiger partial charge in [0.25, 0.3) is 5.69 Å². The summed E-state index contributed by atoms with van der Waals surface area (Å²) in [4.78, 5) is 38.6. The summed E-state index contributed by atoms with van der Waals surface area (Å²) in [6, 6.07) is 22.2. The SMILES string of the molecule is CC(=O)C1=C(C)N(c2cccc(Cl)c2)C(C(=O)OCc2ccccc2)=C[C@@H]1c1ccc([N+](=O)[O-])cc1. The van der Waals surface area contributed by atoms with Crippen LogP contribution in [0.1, 0.15) is 30.9 Å². The van der Waals surface area contributed by atoms with Crippen molar-refractivity contribution in [2.45, 2.75) is 26.4 Å². The Balaban J connectivity index is 1.80. The summed E-state index contributed by atoms with van der Waals surface area (Å²) in [5, 5.41) is 11.6. The van der Waals surface area contributed by atoms with Crippen LogP contribution in [0.2, 0.25) is 5.02 Å². The number of anilines is 1. The Bertz CT molecular complexity index is 1380. The van der Waals surface area contributed by atoms with E-state index in [-0.39, 0.29) is 23.8 Å². The zero-order chi connectivity index (χ0) is 25.8. The molecule has 7 nitrogen and oxygen atoms in total. The Morgan fingerprint density at radius 1 is 1.03 bits per heavy atom. The zero-order valence-corrected chi connectivity index (χ0v) is 20.4. The van der Waals surface area contributed by atoms with Gasteiger partial charge in [0.2, 0.25) is 0 Å². The van der Waals surface area contributed by atoms with Crippen molar-refractivity contribution >= 4 is 34.7 Å². The second kappa shape index (κ2) is 10.6. The third kappa shape index (κ3) is 5.21. The minimum atomic E-state index is -0.599. The number of ketones is 1. The number of Topliss-reactive ketones (excluding diaryl/α,β-unsaturated/α-hetero) is 1. The first-order chi connectivity index (χ1) is 17.3. The number of esters is 1. The van der Waals surface area contributed by atoms with Gasteiger partial charge in [0.05, 0.1) is 4.92 Å². The Kier molecular flexibility index (Phi) is 7.31. The quantitative estimate of drug-likeness (QED) is 0.213. The highest BCUT2D eigenvalue weighted by molar-refractivity contribution is 6.30. The number of hydrogen-bond donors (Lipinski definition) is 0. The number of hydrogen-bond acceptors (Lipinski definition) is 6. The second-order valence-corrected chi connectivity index (χ2v) is 8.75. The molecule has 3 aromatic rings. The van der Waals surface area contributed by atoms with E-state index in [4.69, 9.17) is 16.3 Å². The minimum absolute atomic E-state index is 0.0633. The van der Waals surface area contributed by atoms with Crippen molar-refractivity contribution in [1.82, 2.24) is 0 Å². The summed E-state index contributed by atoms with van der Waals surface area (Å²) >= 11 is 6.24. The number of benzene rings is 3. The first kappa shape index (κ1) is 24.9. The Labute approximate surface area is 213 Å². The van der Waals surface area contributed by atoms with E-state index in [0.717, 1.165) is 5.56 Å². The monoisotopic (exact) mass is 502 g/mol. The molecule has 0 saturated heterocycles. The van der Waals surface area contributed by atoms with Crippen LogP contribution in [-0.4, -0.2) is 16.7 Å². The van der Waals surface area contributed by atoms with Crippen LogP contribution in [0, 0.1) is 10.1 Å². The number of halogens is 1. The largest absolute Gasteiger partial charge is 0.456 e. The van der Waals surface area contributed by atoms with E-state index in [2.05, 4.69) is 0 Å². The van der Waals surface area contributed by atoms with E-state index < -0.39 is 16.8 Å². The van der Waals surface area contributed by atoms with Crippen LogP contribution in [0.4, 0.5) is 11.4 Å².